The molecule has 0 unspecified atom stereocenters. The summed E-state index contributed by atoms with van der Waals surface area (Å²) in [5.41, 5.74) is -0.142. The molecule has 0 radical (unpaired) electrons. The summed E-state index contributed by atoms with van der Waals surface area (Å²) < 4.78 is -0.662. The van der Waals surface area contributed by atoms with E-state index in [-0.39, 0.29) is 22.7 Å². The number of nitriles is 1. The average Bonchev–Trinajstić information content (AvgIpc) is 2.61. The lowest BCUT2D eigenvalue weighted by molar-refractivity contribution is 0.297. The lowest BCUT2D eigenvalue weighted by Crippen LogP contribution is -2.19. The fourth-order valence-electron chi connectivity index (χ4n) is 4.23. The number of hydrogen-bond acceptors (Lipinski definition) is 1. The average molecular weight is 242 g/mol. The first kappa shape index (κ1) is 10.00. The second-order valence-electron chi connectivity index (χ2n) is 5.56. The Morgan fingerprint density at radius 1 is 1.33 bits per heavy atom. The number of hydrogen-bond donors (Lipinski definition) is 0. The second-order valence-corrected chi connectivity index (χ2v) is 6.88. The molecule has 2 bridgehead atoms. The molecular formula is C12H13Cl2N. The Hall–Kier alpha value is -0.190. The highest BCUT2D eigenvalue weighted by atomic mass is 35.5. The monoisotopic (exact) mass is 241 g/mol. The van der Waals surface area contributed by atoms with Gasteiger partial charge in [-0.3, -0.25) is 0 Å². The van der Waals surface area contributed by atoms with Crippen LogP contribution in [0.5, 0.6) is 0 Å². The van der Waals surface area contributed by atoms with Crippen LogP contribution in [0.3, 0.4) is 0 Å². The Kier molecular flexibility index (Phi) is 1.59. The number of halogens is 2. The van der Waals surface area contributed by atoms with Crippen LogP contribution in [0.2, 0.25) is 0 Å². The SMILES string of the molecule is CC1(C)C(Cl)(Cl)[C@]12[C@@H]1C=C[C@H]2[C@@H](C#N)C1. The third-order valence-electron chi connectivity index (χ3n) is 5.04. The van der Waals surface area contributed by atoms with Gasteiger partial charge in [0.1, 0.15) is 4.33 Å². The molecule has 2 fully saturated rings. The smallest absolute Gasteiger partial charge is 0.131 e. The van der Waals surface area contributed by atoms with Crippen LogP contribution >= 0.6 is 23.2 Å². The molecule has 1 nitrogen and oxygen atoms in total. The molecule has 0 heterocycles. The van der Waals surface area contributed by atoms with Crippen molar-refractivity contribution in [1.82, 2.24) is 0 Å². The van der Waals surface area contributed by atoms with Gasteiger partial charge in [-0.25, -0.2) is 0 Å². The Labute approximate surface area is 100 Å². The predicted octanol–water partition coefficient (Wildman–Crippen LogP) is 3.53. The molecule has 0 aromatic rings. The molecule has 4 atom stereocenters. The van der Waals surface area contributed by atoms with Gasteiger partial charge in [-0.2, -0.15) is 5.26 Å². The highest BCUT2D eigenvalue weighted by Crippen LogP contribution is 2.88. The Morgan fingerprint density at radius 2 is 1.93 bits per heavy atom. The van der Waals surface area contributed by atoms with Crippen molar-refractivity contribution in [2.75, 3.05) is 0 Å². The molecule has 3 rings (SSSR count). The normalized spacial score (nSPS) is 52.1. The van der Waals surface area contributed by atoms with E-state index in [2.05, 4.69) is 32.1 Å². The van der Waals surface area contributed by atoms with Gasteiger partial charge in [-0.15, -0.1) is 23.2 Å². The van der Waals surface area contributed by atoms with Gasteiger partial charge in [0.15, 0.2) is 0 Å². The molecule has 3 heteroatoms. The number of nitrogens with zero attached hydrogens (tertiary/aromatic N) is 1. The van der Waals surface area contributed by atoms with Gasteiger partial charge in [0.25, 0.3) is 0 Å². The van der Waals surface area contributed by atoms with E-state index in [1.807, 2.05) is 0 Å². The molecule has 0 aromatic heterocycles. The highest BCUT2D eigenvalue weighted by molar-refractivity contribution is 6.52. The van der Waals surface area contributed by atoms with Crippen molar-refractivity contribution in [2.24, 2.45) is 28.6 Å². The van der Waals surface area contributed by atoms with Crippen molar-refractivity contribution < 1.29 is 0 Å². The van der Waals surface area contributed by atoms with E-state index < -0.39 is 4.33 Å². The fraction of sp³-hybridized carbons (Fsp3) is 0.750. The number of alkyl halides is 2. The van der Waals surface area contributed by atoms with Gasteiger partial charge in [-0.05, 0) is 12.3 Å². The maximum Gasteiger partial charge on any atom is 0.131 e. The summed E-state index contributed by atoms with van der Waals surface area (Å²) in [6, 6.07) is 2.40. The zero-order valence-electron chi connectivity index (χ0n) is 8.80. The standard InChI is InChI=1S/C12H13Cl2N/c1-10(2)11(12(10,13)14)8-3-4-9(11)7(5-8)6-15/h3-4,7-9H,5H2,1-2H3/t7-,8-,9+,11+/m1/s1. The maximum atomic E-state index is 9.12. The van der Waals surface area contributed by atoms with Crippen LogP contribution < -0.4 is 0 Å². The highest BCUT2D eigenvalue weighted by Gasteiger charge is 2.89. The van der Waals surface area contributed by atoms with Crippen molar-refractivity contribution in [3.05, 3.63) is 12.2 Å². The molecule has 1 spiro atoms. The van der Waals surface area contributed by atoms with Crippen molar-refractivity contribution in [3.8, 4) is 6.07 Å². The minimum Gasteiger partial charge on any atom is -0.198 e. The van der Waals surface area contributed by atoms with Crippen LogP contribution in [0.15, 0.2) is 12.2 Å². The van der Waals surface area contributed by atoms with Gasteiger partial charge < -0.3 is 0 Å². The summed E-state index contributed by atoms with van der Waals surface area (Å²) in [5, 5.41) is 9.12. The van der Waals surface area contributed by atoms with Crippen LogP contribution in [0, 0.1) is 39.9 Å². The van der Waals surface area contributed by atoms with Crippen molar-refractivity contribution >= 4 is 23.2 Å². The summed E-state index contributed by atoms with van der Waals surface area (Å²) >= 11 is 12.9. The quantitative estimate of drug-likeness (QED) is 0.471. The van der Waals surface area contributed by atoms with E-state index in [0.29, 0.717) is 5.92 Å². The third-order valence-corrected chi connectivity index (χ3v) is 6.62. The minimum absolute atomic E-state index is 0.0660. The first-order valence-electron chi connectivity index (χ1n) is 5.37. The summed E-state index contributed by atoms with van der Waals surface area (Å²) in [4.78, 5) is 0. The van der Waals surface area contributed by atoms with E-state index in [1.165, 1.54) is 0 Å². The van der Waals surface area contributed by atoms with Gasteiger partial charge in [0.2, 0.25) is 0 Å². The van der Waals surface area contributed by atoms with Gasteiger partial charge in [0, 0.05) is 16.7 Å². The number of rotatable bonds is 0. The second kappa shape index (κ2) is 2.39. The Morgan fingerprint density at radius 3 is 2.27 bits per heavy atom. The number of allylic oxidation sites excluding steroid dienone is 2. The van der Waals surface area contributed by atoms with Crippen molar-refractivity contribution in [2.45, 2.75) is 24.6 Å². The molecule has 0 amide bonds. The molecule has 80 valence electrons. The molecule has 3 aliphatic rings. The first-order valence-corrected chi connectivity index (χ1v) is 6.12. The first-order chi connectivity index (χ1) is 6.91. The van der Waals surface area contributed by atoms with Crippen LogP contribution in [0.1, 0.15) is 20.3 Å². The van der Waals surface area contributed by atoms with Crippen molar-refractivity contribution in [1.29, 1.82) is 5.26 Å². The fourth-order valence-corrected chi connectivity index (χ4v) is 5.45. The summed E-state index contributed by atoms with van der Waals surface area (Å²) in [5.74, 6) is 0.772. The summed E-state index contributed by atoms with van der Waals surface area (Å²) in [6.45, 7) is 4.25. The van der Waals surface area contributed by atoms with Gasteiger partial charge in [-0.1, -0.05) is 26.0 Å². The van der Waals surface area contributed by atoms with E-state index in [4.69, 9.17) is 28.5 Å². The van der Waals surface area contributed by atoms with Crippen molar-refractivity contribution in [3.63, 3.8) is 0 Å². The Bertz CT molecular complexity index is 388. The molecule has 3 aliphatic carbocycles. The maximum absolute atomic E-state index is 9.12. The van der Waals surface area contributed by atoms with E-state index in [0.717, 1.165) is 6.42 Å². The molecule has 0 saturated heterocycles. The van der Waals surface area contributed by atoms with Crippen LogP contribution in [0.4, 0.5) is 0 Å². The zero-order valence-corrected chi connectivity index (χ0v) is 10.3. The lowest BCUT2D eigenvalue weighted by Gasteiger charge is -2.19. The lowest BCUT2D eigenvalue weighted by atomic mass is 9.83. The molecular weight excluding hydrogens is 229 g/mol. The topological polar surface area (TPSA) is 23.8 Å². The van der Waals surface area contributed by atoms with Gasteiger partial charge >= 0.3 is 0 Å². The van der Waals surface area contributed by atoms with Gasteiger partial charge in [0.05, 0.1) is 12.0 Å². The molecule has 0 aliphatic heterocycles. The largest absolute Gasteiger partial charge is 0.198 e. The minimum atomic E-state index is -0.662. The Balaban J connectivity index is 2.11. The van der Waals surface area contributed by atoms with Crippen LogP contribution in [-0.2, 0) is 0 Å². The van der Waals surface area contributed by atoms with E-state index in [1.54, 1.807) is 0 Å². The van der Waals surface area contributed by atoms with E-state index >= 15 is 0 Å². The van der Waals surface area contributed by atoms with Crippen LogP contribution in [0.25, 0.3) is 0 Å². The van der Waals surface area contributed by atoms with Crippen LogP contribution in [-0.4, -0.2) is 4.33 Å². The van der Waals surface area contributed by atoms with E-state index in [9.17, 15) is 0 Å². The molecule has 2 saturated carbocycles. The predicted molar refractivity (Wildman–Crippen MR) is 60.5 cm³/mol. The summed E-state index contributed by atoms with van der Waals surface area (Å²) in [7, 11) is 0. The third kappa shape index (κ3) is 0.718. The zero-order chi connectivity index (χ0) is 11.1. The molecule has 15 heavy (non-hydrogen) atoms. The molecule has 0 aromatic carbocycles. The molecule has 0 N–H and O–H groups in total. The summed E-state index contributed by atoms with van der Waals surface area (Å²) in [6.07, 6.45) is 5.31.